The van der Waals surface area contributed by atoms with E-state index in [9.17, 15) is 4.79 Å². The van der Waals surface area contributed by atoms with Crippen molar-refractivity contribution in [3.05, 3.63) is 65.3 Å². The second kappa shape index (κ2) is 11.5. The van der Waals surface area contributed by atoms with E-state index in [0.717, 1.165) is 19.3 Å². The maximum absolute atomic E-state index is 12.0. The molecule has 0 heterocycles. The minimum absolute atomic E-state index is 0.0682. The highest BCUT2D eigenvalue weighted by Gasteiger charge is 2.30. The Morgan fingerprint density at radius 1 is 1.12 bits per heavy atom. The number of benzene rings is 1. The van der Waals surface area contributed by atoms with Gasteiger partial charge in [-0.1, -0.05) is 64.1 Å². The zero-order chi connectivity index (χ0) is 23.1. The molecule has 0 saturated carbocycles. The molecular weight excluding hydrogens is 402 g/mol. The Hall–Kier alpha value is -2.37. The summed E-state index contributed by atoms with van der Waals surface area (Å²) < 4.78 is 6.17. The molecule has 1 aromatic carbocycles. The molecule has 0 aliphatic heterocycles. The van der Waals surface area contributed by atoms with E-state index in [2.05, 4.69) is 51.2 Å². The number of allylic oxidation sites excluding steroid dienone is 4. The van der Waals surface area contributed by atoms with Gasteiger partial charge in [0.25, 0.3) is 0 Å². The number of ether oxygens (including phenoxy) is 1. The number of carbonyl (C=O) groups is 1. The monoisotopic (exact) mass is 439 g/mol. The number of para-hydroxylation sites is 1. The lowest BCUT2D eigenvalue weighted by molar-refractivity contribution is -0.336. The molecule has 1 aromatic rings. The molecule has 0 spiro atoms. The van der Waals surface area contributed by atoms with Crippen molar-refractivity contribution in [2.45, 2.75) is 72.7 Å². The average molecular weight is 440 g/mol. The maximum atomic E-state index is 12.0. The van der Waals surface area contributed by atoms with Crippen molar-refractivity contribution in [1.82, 2.24) is 0 Å². The van der Waals surface area contributed by atoms with Crippen molar-refractivity contribution in [3.8, 4) is 0 Å². The molecule has 1 amide bonds. The highest BCUT2D eigenvalue weighted by Crippen LogP contribution is 2.41. The molecule has 2 aliphatic rings. The van der Waals surface area contributed by atoms with E-state index in [0.29, 0.717) is 23.4 Å². The van der Waals surface area contributed by atoms with Crippen LogP contribution < -0.4 is 5.32 Å². The van der Waals surface area contributed by atoms with Gasteiger partial charge in [0, 0.05) is 5.69 Å². The van der Waals surface area contributed by atoms with Gasteiger partial charge >= 0.3 is 6.09 Å². The first-order valence-electron chi connectivity index (χ1n) is 11.8. The third-order valence-corrected chi connectivity index (χ3v) is 6.02. The smallest absolute Gasteiger partial charge is 0.341 e. The predicted octanol–water partition coefficient (Wildman–Crippen LogP) is 7.19. The van der Waals surface area contributed by atoms with Crippen molar-refractivity contribution in [2.24, 2.45) is 17.8 Å². The Morgan fingerprint density at radius 2 is 1.88 bits per heavy atom. The summed E-state index contributed by atoms with van der Waals surface area (Å²) in [6.45, 7) is 11.0. The van der Waals surface area contributed by atoms with Crippen LogP contribution in [0.4, 0.5) is 10.5 Å². The van der Waals surface area contributed by atoms with Crippen LogP contribution in [0.5, 0.6) is 0 Å². The Morgan fingerprint density at radius 3 is 2.56 bits per heavy atom. The first-order valence-corrected chi connectivity index (χ1v) is 11.8. The zero-order valence-electron chi connectivity index (χ0n) is 20.0. The number of rotatable bonds is 9. The second-order valence-corrected chi connectivity index (χ2v) is 9.41. The number of nitrogens with one attached hydrogen (secondary N) is 1. The first kappa shape index (κ1) is 24.3. The summed E-state index contributed by atoms with van der Waals surface area (Å²) in [4.78, 5) is 22.1. The molecular formula is C27H37NO4. The molecule has 0 fully saturated rings. The summed E-state index contributed by atoms with van der Waals surface area (Å²) in [5, 5.41) is 2.62. The number of amides is 1. The second-order valence-electron chi connectivity index (χ2n) is 9.41. The molecule has 3 rings (SSSR count). The fourth-order valence-electron chi connectivity index (χ4n) is 4.58. The Labute approximate surface area is 192 Å². The molecule has 0 saturated heterocycles. The van der Waals surface area contributed by atoms with Gasteiger partial charge in [0.05, 0.1) is 6.10 Å². The standard InChI is InChI=1S/C27H37NO4/c1-18(2)17-25(19(3)4)23-13-9-15-24-22(23)14-10-16-26(24)30-20(5)31-32-27(29)28-21-11-7-6-8-12-21/h6-8,10-14,18-20,25-26H,9,15-17H2,1-5H3,(H,28,29). The topological polar surface area (TPSA) is 56.8 Å². The van der Waals surface area contributed by atoms with Gasteiger partial charge in [0.15, 0.2) is 0 Å². The fourth-order valence-corrected chi connectivity index (χ4v) is 4.58. The maximum Gasteiger partial charge on any atom is 0.443 e. The Bertz CT molecular complexity index is 854. The van der Waals surface area contributed by atoms with Crippen molar-refractivity contribution >= 4 is 11.8 Å². The third kappa shape index (κ3) is 6.57. The lowest BCUT2D eigenvalue weighted by Crippen LogP contribution is -2.29. The lowest BCUT2D eigenvalue weighted by Gasteiger charge is -2.35. The summed E-state index contributed by atoms with van der Waals surface area (Å²) in [7, 11) is 0. The van der Waals surface area contributed by atoms with E-state index in [4.69, 9.17) is 14.5 Å². The van der Waals surface area contributed by atoms with Gasteiger partial charge in [0.1, 0.15) is 0 Å². The summed E-state index contributed by atoms with van der Waals surface area (Å²) in [5.41, 5.74) is 4.78. The van der Waals surface area contributed by atoms with E-state index in [1.54, 1.807) is 19.1 Å². The van der Waals surface area contributed by atoms with Crippen LogP contribution >= 0.6 is 0 Å². The van der Waals surface area contributed by atoms with Crippen molar-refractivity contribution in [1.29, 1.82) is 0 Å². The number of hydrogen-bond acceptors (Lipinski definition) is 4. The first-order chi connectivity index (χ1) is 15.3. The van der Waals surface area contributed by atoms with Crippen LogP contribution in [-0.4, -0.2) is 18.5 Å². The largest absolute Gasteiger partial charge is 0.443 e. The third-order valence-electron chi connectivity index (χ3n) is 6.02. The van der Waals surface area contributed by atoms with Crippen LogP contribution in [-0.2, 0) is 14.5 Å². The molecule has 3 atom stereocenters. The molecule has 0 aromatic heterocycles. The van der Waals surface area contributed by atoms with Crippen molar-refractivity contribution in [2.75, 3.05) is 5.32 Å². The summed E-state index contributed by atoms with van der Waals surface area (Å²) in [6, 6.07) is 9.11. The van der Waals surface area contributed by atoms with Gasteiger partial charge in [-0.3, -0.25) is 10.2 Å². The van der Waals surface area contributed by atoms with Crippen LogP contribution in [0.3, 0.4) is 0 Å². The Balaban J connectivity index is 1.61. The number of carbonyl (C=O) groups excluding carboxylic acids is 1. The molecule has 174 valence electrons. The Kier molecular flexibility index (Phi) is 8.71. The highest BCUT2D eigenvalue weighted by molar-refractivity contribution is 5.83. The van der Waals surface area contributed by atoms with Crippen molar-refractivity contribution in [3.63, 3.8) is 0 Å². The summed E-state index contributed by atoms with van der Waals surface area (Å²) in [6.07, 6.45) is 9.47. The lowest BCUT2D eigenvalue weighted by atomic mass is 9.73. The molecule has 0 radical (unpaired) electrons. The van der Waals surface area contributed by atoms with Crippen LogP contribution in [0.1, 0.15) is 60.3 Å². The van der Waals surface area contributed by atoms with E-state index < -0.39 is 12.4 Å². The van der Waals surface area contributed by atoms with Gasteiger partial charge in [-0.15, -0.1) is 0 Å². The molecule has 2 aliphatic carbocycles. The minimum atomic E-state index is -0.675. The predicted molar refractivity (Wildman–Crippen MR) is 128 cm³/mol. The summed E-state index contributed by atoms with van der Waals surface area (Å²) >= 11 is 0. The van der Waals surface area contributed by atoms with E-state index in [1.807, 2.05) is 18.2 Å². The van der Waals surface area contributed by atoms with Gasteiger partial charge in [-0.2, -0.15) is 4.89 Å². The number of hydrogen-bond donors (Lipinski definition) is 1. The fraction of sp³-hybridized carbons (Fsp3) is 0.519. The van der Waals surface area contributed by atoms with E-state index in [-0.39, 0.29) is 6.10 Å². The molecule has 5 nitrogen and oxygen atoms in total. The average Bonchev–Trinajstić information content (AvgIpc) is 2.76. The van der Waals surface area contributed by atoms with Gasteiger partial charge in [0.2, 0.25) is 6.29 Å². The van der Waals surface area contributed by atoms with Crippen molar-refractivity contribution < 1.29 is 19.3 Å². The van der Waals surface area contributed by atoms with Crippen LogP contribution in [0.2, 0.25) is 0 Å². The normalized spacial score (nSPS) is 20.1. The molecule has 1 N–H and O–H groups in total. The number of anilines is 1. The molecule has 3 unspecified atom stereocenters. The van der Waals surface area contributed by atoms with Crippen LogP contribution in [0, 0.1) is 17.8 Å². The molecule has 0 bridgehead atoms. The van der Waals surface area contributed by atoms with Crippen LogP contribution in [0.15, 0.2) is 65.3 Å². The zero-order valence-corrected chi connectivity index (χ0v) is 20.0. The van der Waals surface area contributed by atoms with Crippen LogP contribution in [0.25, 0.3) is 0 Å². The summed E-state index contributed by atoms with van der Waals surface area (Å²) in [5.74, 6) is 1.79. The SMILES string of the molecule is CC(C)CC(C1=CCCC2=C1C=CCC2OC(C)OOC(=O)Nc1ccccc1)C(C)C. The molecule has 5 heteroatoms. The van der Waals surface area contributed by atoms with Gasteiger partial charge < -0.3 is 4.74 Å². The highest BCUT2D eigenvalue weighted by atomic mass is 17.2. The minimum Gasteiger partial charge on any atom is -0.341 e. The van der Waals surface area contributed by atoms with E-state index >= 15 is 0 Å². The van der Waals surface area contributed by atoms with Gasteiger partial charge in [-0.05, 0) is 79.2 Å². The quantitative estimate of drug-likeness (QED) is 0.251. The van der Waals surface area contributed by atoms with E-state index in [1.165, 1.54) is 23.1 Å². The van der Waals surface area contributed by atoms with Gasteiger partial charge in [-0.25, -0.2) is 4.79 Å². The molecule has 32 heavy (non-hydrogen) atoms.